The Labute approximate surface area is 190 Å². The van der Waals surface area contributed by atoms with E-state index in [-0.39, 0.29) is 29.6 Å². The Hall–Kier alpha value is -2.75. The van der Waals surface area contributed by atoms with Crippen molar-refractivity contribution in [3.8, 4) is 11.1 Å². The lowest BCUT2D eigenvalue weighted by atomic mass is 10.0. The molecule has 4 aromatic rings. The van der Waals surface area contributed by atoms with Gasteiger partial charge in [-0.3, -0.25) is 4.79 Å². The topological polar surface area (TPSA) is 68.3 Å². The fourth-order valence-corrected chi connectivity index (χ4v) is 5.74. The van der Waals surface area contributed by atoms with Gasteiger partial charge >= 0.3 is 5.97 Å². The molecule has 158 valence electrons. The molecule has 0 aliphatic rings. The summed E-state index contributed by atoms with van der Waals surface area (Å²) in [7, 11) is 0. The van der Waals surface area contributed by atoms with Crippen LogP contribution in [0.1, 0.15) is 17.3 Å². The average molecular weight is 473 g/mol. The molecule has 4 rings (SSSR count). The molecular formula is C22H17FN2O3S3. The van der Waals surface area contributed by atoms with Crippen molar-refractivity contribution < 1.29 is 18.7 Å². The van der Waals surface area contributed by atoms with Gasteiger partial charge in [-0.05, 0) is 36.8 Å². The fraction of sp³-hybridized carbons (Fsp3) is 0.136. The van der Waals surface area contributed by atoms with Crippen LogP contribution in [0.15, 0.2) is 58.3 Å². The SMILES string of the molecule is CCOC(=O)c1c(-c2ccc(F)cc2)csc1NC(=O)CSc1nc2ccccc2s1. The van der Waals surface area contributed by atoms with E-state index in [1.54, 1.807) is 24.4 Å². The van der Waals surface area contributed by atoms with Crippen molar-refractivity contribution in [2.75, 3.05) is 17.7 Å². The highest BCUT2D eigenvalue weighted by Crippen LogP contribution is 2.37. The number of benzene rings is 2. The summed E-state index contributed by atoms with van der Waals surface area (Å²) in [6.07, 6.45) is 0. The van der Waals surface area contributed by atoms with Crippen LogP contribution in [0.4, 0.5) is 9.39 Å². The number of carbonyl (C=O) groups is 2. The van der Waals surface area contributed by atoms with E-state index in [9.17, 15) is 14.0 Å². The predicted molar refractivity (Wildman–Crippen MR) is 125 cm³/mol. The quantitative estimate of drug-likeness (QED) is 0.261. The van der Waals surface area contributed by atoms with Crippen LogP contribution in [-0.2, 0) is 9.53 Å². The predicted octanol–water partition coefficient (Wildman–Crippen LogP) is 6.07. The Balaban J connectivity index is 1.51. The summed E-state index contributed by atoms with van der Waals surface area (Å²) < 4.78 is 20.4. The minimum absolute atomic E-state index is 0.159. The van der Waals surface area contributed by atoms with Crippen LogP contribution >= 0.6 is 34.4 Å². The number of carbonyl (C=O) groups excluding carboxylic acids is 2. The molecule has 2 heterocycles. The molecule has 1 N–H and O–H groups in total. The zero-order chi connectivity index (χ0) is 21.8. The molecule has 0 bridgehead atoms. The summed E-state index contributed by atoms with van der Waals surface area (Å²) in [5, 5.41) is 4.99. The molecule has 1 amide bonds. The molecule has 31 heavy (non-hydrogen) atoms. The Bertz CT molecular complexity index is 1200. The molecule has 0 spiro atoms. The molecule has 2 aromatic heterocycles. The number of fused-ring (bicyclic) bond motifs is 1. The molecular weight excluding hydrogens is 455 g/mol. The maximum atomic E-state index is 13.3. The van der Waals surface area contributed by atoms with Crippen molar-refractivity contribution in [2.45, 2.75) is 11.3 Å². The highest BCUT2D eigenvalue weighted by Gasteiger charge is 2.23. The summed E-state index contributed by atoms with van der Waals surface area (Å²) in [6.45, 7) is 1.92. The van der Waals surface area contributed by atoms with Gasteiger partial charge in [0.1, 0.15) is 16.4 Å². The van der Waals surface area contributed by atoms with Crippen LogP contribution < -0.4 is 5.32 Å². The smallest absolute Gasteiger partial charge is 0.341 e. The minimum Gasteiger partial charge on any atom is -0.462 e. The molecule has 0 saturated heterocycles. The van der Waals surface area contributed by atoms with Crippen LogP contribution in [0, 0.1) is 5.82 Å². The minimum atomic E-state index is -0.530. The maximum absolute atomic E-state index is 13.3. The average Bonchev–Trinajstić information content (AvgIpc) is 3.37. The molecule has 0 radical (unpaired) electrons. The van der Waals surface area contributed by atoms with Gasteiger partial charge in [0, 0.05) is 10.9 Å². The zero-order valence-electron chi connectivity index (χ0n) is 16.4. The molecule has 0 atom stereocenters. The lowest BCUT2D eigenvalue weighted by molar-refractivity contribution is -0.113. The van der Waals surface area contributed by atoms with Gasteiger partial charge in [0.25, 0.3) is 0 Å². The number of rotatable bonds is 7. The van der Waals surface area contributed by atoms with Crippen molar-refractivity contribution in [3.05, 3.63) is 65.3 Å². The molecule has 5 nitrogen and oxygen atoms in total. The van der Waals surface area contributed by atoms with Gasteiger partial charge in [0.2, 0.25) is 5.91 Å². The number of anilines is 1. The normalized spacial score (nSPS) is 10.9. The van der Waals surface area contributed by atoms with Crippen LogP contribution in [-0.4, -0.2) is 29.2 Å². The number of amides is 1. The number of thioether (sulfide) groups is 1. The number of aromatic nitrogens is 1. The maximum Gasteiger partial charge on any atom is 0.341 e. The van der Waals surface area contributed by atoms with Gasteiger partial charge in [0.05, 0.1) is 22.6 Å². The molecule has 0 aliphatic heterocycles. The second-order valence-corrected chi connectivity index (χ2v) is 9.50. The van der Waals surface area contributed by atoms with Gasteiger partial charge in [0.15, 0.2) is 4.34 Å². The number of para-hydroxylation sites is 1. The monoisotopic (exact) mass is 472 g/mol. The lowest BCUT2D eigenvalue weighted by Crippen LogP contribution is -2.16. The summed E-state index contributed by atoms with van der Waals surface area (Å²) in [5.41, 5.74) is 2.45. The van der Waals surface area contributed by atoms with Crippen molar-refractivity contribution in [3.63, 3.8) is 0 Å². The van der Waals surface area contributed by atoms with E-state index in [4.69, 9.17) is 4.74 Å². The number of thiophene rings is 1. The van der Waals surface area contributed by atoms with Crippen molar-refractivity contribution in [1.82, 2.24) is 4.98 Å². The van der Waals surface area contributed by atoms with Gasteiger partial charge in [-0.25, -0.2) is 14.2 Å². The molecule has 0 unspecified atom stereocenters. The summed E-state index contributed by atoms with van der Waals surface area (Å²) in [6, 6.07) is 13.6. The van der Waals surface area contributed by atoms with E-state index < -0.39 is 5.97 Å². The molecule has 0 fully saturated rings. The number of hydrogen-bond acceptors (Lipinski definition) is 7. The first kappa shape index (κ1) is 21.5. The molecule has 9 heteroatoms. The fourth-order valence-electron chi connectivity index (χ4n) is 2.90. The summed E-state index contributed by atoms with van der Waals surface area (Å²) >= 11 is 4.11. The van der Waals surface area contributed by atoms with Crippen molar-refractivity contribution in [1.29, 1.82) is 0 Å². The van der Waals surface area contributed by atoms with E-state index in [2.05, 4.69) is 10.3 Å². The largest absolute Gasteiger partial charge is 0.462 e. The first-order chi connectivity index (χ1) is 15.0. The second-order valence-electron chi connectivity index (χ2n) is 6.37. The number of ether oxygens (including phenoxy) is 1. The molecule has 2 aromatic carbocycles. The summed E-state index contributed by atoms with van der Waals surface area (Å²) in [4.78, 5) is 29.7. The van der Waals surface area contributed by atoms with Crippen LogP contribution in [0.25, 0.3) is 21.3 Å². The Morgan fingerprint density at radius 1 is 1.16 bits per heavy atom. The van der Waals surface area contributed by atoms with E-state index in [1.165, 1.54) is 46.6 Å². The Kier molecular flexibility index (Phi) is 6.64. The van der Waals surface area contributed by atoms with Gasteiger partial charge in [-0.1, -0.05) is 36.0 Å². The highest BCUT2D eigenvalue weighted by atomic mass is 32.2. The van der Waals surface area contributed by atoms with Crippen molar-refractivity contribution in [2.24, 2.45) is 0 Å². The molecule has 0 saturated carbocycles. The van der Waals surface area contributed by atoms with Crippen LogP contribution in [0.2, 0.25) is 0 Å². The number of nitrogens with zero attached hydrogens (tertiary/aromatic N) is 1. The summed E-state index contributed by atoms with van der Waals surface area (Å²) in [5.74, 6) is -0.983. The lowest BCUT2D eigenvalue weighted by Gasteiger charge is -2.08. The van der Waals surface area contributed by atoms with Gasteiger partial charge in [-0.15, -0.1) is 22.7 Å². The van der Waals surface area contributed by atoms with E-state index >= 15 is 0 Å². The Morgan fingerprint density at radius 3 is 2.68 bits per heavy atom. The van der Waals surface area contributed by atoms with Crippen LogP contribution in [0.5, 0.6) is 0 Å². The zero-order valence-corrected chi connectivity index (χ0v) is 18.8. The first-order valence-corrected chi connectivity index (χ1v) is 12.1. The third kappa shape index (κ3) is 4.95. The third-order valence-corrected chi connectivity index (χ3v) is 7.35. The van der Waals surface area contributed by atoms with E-state index in [0.717, 1.165) is 14.6 Å². The number of nitrogens with one attached hydrogen (secondary N) is 1. The number of hydrogen-bond donors (Lipinski definition) is 1. The molecule has 0 aliphatic carbocycles. The van der Waals surface area contributed by atoms with Crippen molar-refractivity contribution >= 4 is 61.5 Å². The van der Waals surface area contributed by atoms with Gasteiger partial charge in [-0.2, -0.15) is 0 Å². The van der Waals surface area contributed by atoms with E-state index in [0.29, 0.717) is 16.1 Å². The number of halogens is 1. The second kappa shape index (κ2) is 9.59. The first-order valence-electron chi connectivity index (χ1n) is 9.38. The standard InChI is InChI=1S/C22H17FN2O3S3/c1-2-28-21(27)19-15(13-7-9-14(23)10-8-13)11-29-20(19)25-18(26)12-30-22-24-16-5-3-4-6-17(16)31-22/h3-11H,2,12H2,1H3,(H,25,26). The van der Waals surface area contributed by atoms with Gasteiger partial charge < -0.3 is 10.1 Å². The third-order valence-electron chi connectivity index (χ3n) is 4.28. The Morgan fingerprint density at radius 2 is 1.94 bits per heavy atom. The highest BCUT2D eigenvalue weighted by molar-refractivity contribution is 8.01. The van der Waals surface area contributed by atoms with Crippen LogP contribution in [0.3, 0.4) is 0 Å². The van der Waals surface area contributed by atoms with E-state index in [1.807, 2.05) is 24.3 Å². The number of esters is 1. The number of thiazole rings is 1.